The molecular weight excluding hydrogens is 328 g/mol. The van der Waals surface area contributed by atoms with Crippen molar-refractivity contribution >= 4 is 11.6 Å². The Balaban J connectivity index is 1.37. The van der Waals surface area contributed by atoms with E-state index in [2.05, 4.69) is 22.1 Å². The highest BCUT2D eigenvalue weighted by Gasteiger charge is 2.24. The number of carbonyl (C=O) groups excluding carboxylic acids is 1. The number of fused-ring (bicyclic) bond motifs is 2. The summed E-state index contributed by atoms with van der Waals surface area (Å²) in [4.78, 5) is 17.1. The molecule has 0 spiro atoms. The van der Waals surface area contributed by atoms with Crippen molar-refractivity contribution in [2.24, 2.45) is 0 Å². The number of para-hydroxylation sites is 1. The summed E-state index contributed by atoms with van der Waals surface area (Å²) in [5.74, 6) is 0.209. The molecule has 1 atom stereocenters. The zero-order chi connectivity index (χ0) is 18.1. The predicted octanol–water partition coefficient (Wildman–Crippen LogP) is 2.12. The van der Waals surface area contributed by atoms with E-state index in [0.29, 0.717) is 6.42 Å². The molecule has 1 amide bonds. The minimum Gasteiger partial charge on any atom is -0.387 e. The van der Waals surface area contributed by atoms with Gasteiger partial charge in [-0.3, -0.25) is 14.4 Å². The molecule has 2 aromatic rings. The molecule has 3 heterocycles. The van der Waals surface area contributed by atoms with E-state index in [-0.39, 0.29) is 5.91 Å². The van der Waals surface area contributed by atoms with Gasteiger partial charge < -0.3 is 10.0 Å². The summed E-state index contributed by atoms with van der Waals surface area (Å²) in [7, 11) is 0. The predicted molar refractivity (Wildman–Crippen MR) is 99.9 cm³/mol. The second-order valence-electron chi connectivity index (χ2n) is 7.26. The van der Waals surface area contributed by atoms with Gasteiger partial charge in [0.05, 0.1) is 24.0 Å². The van der Waals surface area contributed by atoms with Crippen molar-refractivity contribution in [1.82, 2.24) is 14.7 Å². The van der Waals surface area contributed by atoms with Crippen LogP contribution in [0.5, 0.6) is 0 Å². The Hall–Kier alpha value is -2.18. The number of aromatic nitrogens is 2. The van der Waals surface area contributed by atoms with E-state index in [0.717, 1.165) is 62.6 Å². The van der Waals surface area contributed by atoms with Crippen LogP contribution in [0.25, 0.3) is 0 Å². The zero-order valence-electron chi connectivity index (χ0n) is 15.3. The van der Waals surface area contributed by atoms with Gasteiger partial charge in [0.1, 0.15) is 0 Å². The molecule has 1 aromatic carbocycles. The first-order valence-corrected chi connectivity index (χ1v) is 9.47. The standard InChI is InChI=1S/C20H26N4O2/c1-15(25)18-13-17-14-22(11-12-24(17)21-18)10-8-20(26)23-9-4-6-16-5-2-3-7-19(16)23/h2-3,5,7,13,15,25H,4,6,8-12,14H2,1H3/t15-/m1/s1. The maximum Gasteiger partial charge on any atom is 0.228 e. The van der Waals surface area contributed by atoms with Crippen molar-refractivity contribution in [2.75, 3.05) is 24.5 Å². The number of amides is 1. The minimum absolute atomic E-state index is 0.209. The van der Waals surface area contributed by atoms with Gasteiger partial charge in [-0.25, -0.2) is 0 Å². The number of benzene rings is 1. The van der Waals surface area contributed by atoms with Gasteiger partial charge in [0, 0.05) is 38.3 Å². The van der Waals surface area contributed by atoms with Crippen LogP contribution in [0.4, 0.5) is 5.69 Å². The molecule has 0 fully saturated rings. The monoisotopic (exact) mass is 354 g/mol. The molecule has 0 unspecified atom stereocenters. The minimum atomic E-state index is -0.540. The van der Waals surface area contributed by atoms with Crippen molar-refractivity contribution < 1.29 is 9.90 Å². The fourth-order valence-electron chi connectivity index (χ4n) is 3.92. The summed E-state index contributed by atoms with van der Waals surface area (Å²) in [5, 5.41) is 14.1. The maximum atomic E-state index is 12.8. The van der Waals surface area contributed by atoms with E-state index in [1.165, 1.54) is 5.56 Å². The number of nitrogens with zero attached hydrogens (tertiary/aromatic N) is 4. The second kappa shape index (κ2) is 7.21. The van der Waals surface area contributed by atoms with E-state index in [4.69, 9.17) is 0 Å². The van der Waals surface area contributed by atoms with E-state index < -0.39 is 6.10 Å². The number of aryl methyl sites for hydroxylation is 1. The summed E-state index contributed by atoms with van der Waals surface area (Å²) in [6, 6.07) is 10.2. The van der Waals surface area contributed by atoms with Crippen molar-refractivity contribution in [3.63, 3.8) is 0 Å². The molecule has 1 N–H and O–H groups in total. The number of aliphatic hydroxyl groups excluding tert-OH is 1. The molecule has 2 aliphatic rings. The Kier molecular flexibility index (Phi) is 4.78. The molecule has 26 heavy (non-hydrogen) atoms. The summed E-state index contributed by atoms with van der Waals surface area (Å²) in [5.41, 5.74) is 4.20. The normalized spacial score (nSPS) is 18.3. The fraction of sp³-hybridized carbons (Fsp3) is 0.500. The van der Waals surface area contributed by atoms with Gasteiger partial charge in [-0.05, 0) is 37.5 Å². The summed E-state index contributed by atoms with van der Waals surface area (Å²) < 4.78 is 1.97. The van der Waals surface area contributed by atoms with Crippen LogP contribution in [0.15, 0.2) is 30.3 Å². The molecule has 0 saturated carbocycles. The van der Waals surface area contributed by atoms with Crippen LogP contribution in [-0.4, -0.2) is 45.3 Å². The number of carbonyl (C=O) groups is 1. The number of hydrogen-bond acceptors (Lipinski definition) is 4. The molecule has 4 rings (SSSR count). The lowest BCUT2D eigenvalue weighted by molar-refractivity contribution is -0.119. The summed E-state index contributed by atoms with van der Waals surface area (Å²) in [6.45, 7) is 5.79. The second-order valence-corrected chi connectivity index (χ2v) is 7.26. The third-order valence-electron chi connectivity index (χ3n) is 5.38. The highest BCUT2D eigenvalue weighted by Crippen LogP contribution is 2.27. The number of aliphatic hydroxyl groups is 1. The molecule has 6 heteroatoms. The Morgan fingerprint density at radius 1 is 1.27 bits per heavy atom. The molecule has 2 aliphatic heterocycles. The van der Waals surface area contributed by atoms with Crippen LogP contribution >= 0.6 is 0 Å². The van der Waals surface area contributed by atoms with Crippen molar-refractivity contribution in [2.45, 2.75) is 45.4 Å². The average molecular weight is 354 g/mol. The molecule has 138 valence electrons. The highest BCUT2D eigenvalue weighted by atomic mass is 16.3. The van der Waals surface area contributed by atoms with Gasteiger partial charge in [0.15, 0.2) is 0 Å². The lowest BCUT2D eigenvalue weighted by Crippen LogP contribution is -2.39. The topological polar surface area (TPSA) is 61.6 Å². The van der Waals surface area contributed by atoms with Crippen molar-refractivity contribution in [1.29, 1.82) is 0 Å². The third-order valence-corrected chi connectivity index (χ3v) is 5.38. The Labute approximate surface area is 154 Å². The lowest BCUT2D eigenvalue weighted by atomic mass is 10.0. The summed E-state index contributed by atoms with van der Waals surface area (Å²) in [6.07, 6.45) is 2.09. The maximum absolute atomic E-state index is 12.8. The first kappa shape index (κ1) is 17.2. The molecule has 0 aliphatic carbocycles. The van der Waals surface area contributed by atoms with Crippen molar-refractivity contribution in [3.05, 3.63) is 47.3 Å². The van der Waals surface area contributed by atoms with Crippen LogP contribution in [0.3, 0.4) is 0 Å². The van der Waals surface area contributed by atoms with Gasteiger partial charge in [-0.1, -0.05) is 18.2 Å². The Bertz CT molecular complexity index is 799. The number of hydrogen-bond donors (Lipinski definition) is 1. The van der Waals surface area contributed by atoms with E-state index in [1.54, 1.807) is 6.92 Å². The summed E-state index contributed by atoms with van der Waals surface area (Å²) >= 11 is 0. The first-order valence-electron chi connectivity index (χ1n) is 9.47. The molecule has 0 bridgehead atoms. The smallest absolute Gasteiger partial charge is 0.228 e. The van der Waals surface area contributed by atoms with E-state index in [9.17, 15) is 9.90 Å². The Morgan fingerprint density at radius 2 is 2.12 bits per heavy atom. The van der Waals surface area contributed by atoms with Crippen LogP contribution in [0.1, 0.15) is 42.8 Å². The quantitative estimate of drug-likeness (QED) is 0.914. The Morgan fingerprint density at radius 3 is 2.96 bits per heavy atom. The largest absolute Gasteiger partial charge is 0.387 e. The van der Waals surface area contributed by atoms with Crippen LogP contribution in [0.2, 0.25) is 0 Å². The molecule has 0 radical (unpaired) electrons. The third kappa shape index (κ3) is 3.39. The van der Waals surface area contributed by atoms with Gasteiger partial charge in [0.25, 0.3) is 0 Å². The van der Waals surface area contributed by atoms with Gasteiger partial charge >= 0.3 is 0 Å². The van der Waals surface area contributed by atoms with Crippen molar-refractivity contribution in [3.8, 4) is 0 Å². The van der Waals surface area contributed by atoms with E-state index in [1.807, 2.05) is 27.8 Å². The van der Waals surface area contributed by atoms with Gasteiger partial charge in [0.2, 0.25) is 5.91 Å². The lowest BCUT2D eigenvalue weighted by Gasteiger charge is -2.31. The van der Waals surface area contributed by atoms with Crippen LogP contribution in [-0.2, 0) is 24.3 Å². The number of anilines is 1. The molecule has 1 aromatic heterocycles. The SMILES string of the molecule is C[C@@H](O)c1cc2n(n1)CCN(CCC(=O)N1CCCc3ccccc31)C2. The average Bonchev–Trinajstić information content (AvgIpc) is 3.09. The highest BCUT2D eigenvalue weighted by molar-refractivity contribution is 5.94. The fourth-order valence-corrected chi connectivity index (χ4v) is 3.92. The van der Waals surface area contributed by atoms with E-state index >= 15 is 0 Å². The number of rotatable bonds is 4. The molecule has 6 nitrogen and oxygen atoms in total. The van der Waals surface area contributed by atoms with Gasteiger partial charge in [-0.15, -0.1) is 0 Å². The van der Waals surface area contributed by atoms with Crippen LogP contribution < -0.4 is 4.90 Å². The molecular formula is C20H26N4O2. The zero-order valence-corrected chi connectivity index (χ0v) is 15.3. The molecule has 0 saturated heterocycles. The first-order chi connectivity index (χ1) is 12.6. The van der Waals surface area contributed by atoms with Gasteiger partial charge in [-0.2, -0.15) is 5.10 Å². The van der Waals surface area contributed by atoms with Crippen LogP contribution in [0, 0.1) is 0 Å².